The van der Waals surface area contributed by atoms with E-state index >= 15 is 0 Å². The summed E-state index contributed by atoms with van der Waals surface area (Å²) in [5.41, 5.74) is 0. The van der Waals surface area contributed by atoms with Crippen LogP contribution >= 0.6 is 0 Å². The van der Waals surface area contributed by atoms with Gasteiger partial charge in [0.05, 0.1) is 33.0 Å². The summed E-state index contributed by atoms with van der Waals surface area (Å²) < 4.78 is 24.4. The molecule has 0 bridgehead atoms. The highest BCUT2D eigenvalue weighted by Crippen LogP contribution is 2.37. The smallest absolute Gasteiger partial charge is 0.285 e. The van der Waals surface area contributed by atoms with Gasteiger partial charge in [0, 0.05) is 11.8 Å². The van der Waals surface area contributed by atoms with Crippen LogP contribution < -0.4 is 0 Å². The molecule has 1 heterocycles. The van der Waals surface area contributed by atoms with Gasteiger partial charge in [-0.15, -0.1) is 0 Å². The highest BCUT2D eigenvalue weighted by atomic mass is 16.9. The summed E-state index contributed by atoms with van der Waals surface area (Å²) in [5.74, 6) is 0.0264. The van der Waals surface area contributed by atoms with Gasteiger partial charge < -0.3 is 18.9 Å². The van der Waals surface area contributed by atoms with E-state index in [0.717, 1.165) is 45.3 Å². The van der Waals surface area contributed by atoms with E-state index in [-0.39, 0.29) is 5.92 Å². The molecule has 0 aromatic heterocycles. The predicted molar refractivity (Wildman–Crippen MR) is 112 cm³/mol. The van der Waals surface area contributed by atoms with Crippen molar-refractivity contribution in [2.75, 3.05) is 33.0 Å². The summed E-state index contributed by atoms with van der Waals surface area (Å²) in [6.45, 7) is 12.5. The second-order valence-corrected chi connectivity index (χ2v) is 8.04. The maximum Gasteiger partial charge on any atom is 0.285 e. The molecule has 0 aromatic rings. The zero-order valence-electron chi connectivity index (χ0n) is 18.6. The molecule has 0 N–H and O–H groups in total. The number of rotatable bonds is 19. The Morgan fingerprint density at radius 1 is 0.741 bits per heavy atom. The van der Waals surface area contributed by atoms with Crippen LogP contribution in [0.3, 0.4) is 0 Å². The Morgan fingerprint density at radius 3 is 1.70 bits per heavy atom. The Hall–Kier alpha value is -0.160. The van der Waals surface area contributed by atoms with Crippen LogP contribution in [0.2, 0.25) is 0 Å². The van der Waals surface area contributed by atoms with Gasteiger partial charge >= 0.3 is 0 Å². The van der Waals surface area contributed by atoms with Gasteiger partial charge in [-0.2, -0.15) is 0 Å². The van der Waals surface area contributed by atoms with Crippen molar-refractivity contribution in [2.45, 2.75) is 104 Å². The molecule has 1 fully saturated rings. The second kappa shape index (κ2) is 15.7. The first-order chi connectivity index (χ1) is 13.2. The van der Waals surface area contributed by atoms with Gasteiger partial charge in [0.25, 0.3) is 5.97 Å². The molecule has 0 saturated carbocycles. The van der Waals surface area contributed by atoms with E-state index in [1.54, 1.807) is 0 Å². The fourth-order valence-corrected chi connectivity index (χ4v) is 3.64. The van der Waals surface area contributed by atoms with Gasteiger partial charge in [-0.25, -0.2) is 0 Å². The Kier molecular flexibility index (Phi) is 14.5. The van der Waals surface area contributed by atoms with Gasteiger partial charge in [-0.1, -0.05) is 66.2 Å². The monoisotopic (exact) mass is 386 g/mol. The first-order valence-electron chi connectivity index (χ1n) is 11.7. The van der Waals surface area contributed by atoms with E-state index in [1.165, 1.54) is 38.5 Å². The molecule has 0 spiro atoms. The summed E-state index contributed by atoms with van der Waals surface area (Å²) in [5, 5.41) is 0. The number of ether oxygens (including phenoxy) is 4. The molecule has 1 aliphatic heterocycles. The Morgan fingerprint density at radius 2 is 1.26 bits per heavy atom. The second-order valence-electron chi connectivity index (χ2n) is 8.04. The summed E-state index contributed by atoms with van der Waals surface area (Å²) in [4.78, 5) is 0. The molecule has 4 heteroatoms. The lowest BCUT2D eigenvalue weighted by atomic mass is 9.87. The number of hydrogen-bond acceptors (Lipinski definition) is 4. The zero-order valence-corrected chi connectivity index (χ0v) is 18.6. The van der Waals surface area contributed by atoms with Crippen molar-refractivity contribution in [2.24, 2.45) is 11.8 Å². The van der Waals surface area contributed by atoms with E-state index in [2.05, 4.69) is 27.7 Å². The quantitative estimate of drug-likeness (QED) is 0.192. The molecule has 1 saturated heterocycles. The Balaban J connectivity index is 2.77. The summed E-state index contributed by atoms with van der Waals surface area (Å²) in [6.07, 6.45) is 13.0. The molecule has 0 aromatic carbocycles. The molecule has 0 amide bonds. The van der Waals surface area contributed by atoms with E-state index in [1.807, 2.05) is 0 Å². The average Bonchev–Trinajstić information content (AvgIpc) is 2.65. The van der Waals surface area contributed by atoms with Crippen LogP contribution in [0, 0.1) is 11.8 Å². The molecule has 1 aliphatic rings. The third-order valence-electron chi connectivity index (χ3n) is 5.25. The zero-order chi connectivity index (χ0) is 19.8. The van der Waals surface area contributed by atoms with Crippen LogP contribution in [0.15, 0.2) is 0 Å². The molecule has 1 atom stereocenters. The van der Waals surface area contributed by atoms with Crippen molar-refractivity contribution in [1.29, 1.82) is 0 Å². The minimum Gasteiger partial charge on any atom is -0.381 e. The number of unbranched alkanes of at least 4 members (excludes halogenated alkanes) is 5. The molecular weight excluding hydrogens is 340 g/mol. The molecular formula is C23H46O4. The van der Waals surface area contributed by atoms with Crippen LogP contribution in [-0.2, 0) is 18.9 Å². The van der Waals surface area contributed by atoms with E-state index in [9.17, 15) is 0 Å². The van der Waals surface area contributed by atoms with Gasteiger partial charge in [0.2, 0.25) is 0 Å². The lowest BCUT2D eigenvalue weighted by molar-refractivity contribution is -0.408. The Labute approximate surface area is 168 Å². The third kappa shape index (κ3) is 9.74. The highest BCUT2D eigenvalue weighted by Gasteiger charge is 2.44. The van der Waals surface area contributed by atoms with Gasteiger partial charge in [-0.05, 0) is 32.1 Å². The largest absolute Gasteiger partial charge is 0.381 e. The fourth-order valence-electron chi connectivity index (χ4n) is 3.64. The molecule has 27 heavy (non-hydrogen) atoms. The highest BCUT2D eigenvalue weighted by molar-refractivity contribution is 4.79. The Bertz CT molecular complexity index is 309. The first-order valence-corrected chi connectivity index (χ1v) is 11.7. The van der Waals surface area contributed by atoms with Gasteiger partial charge in [0.1, 0.15) is 0 Å². The SMILES string of the molecule is CCCCCCCCC(CC1COC1)C(OCCC)(OCCC)OCCC. The van der Waals surface area contributed by atoms with E-state index in [0.29, 0.717) is 25.7 Å². The minimum atomic E-state index is -0.874. The molecule has 162 valence electrons. The molecule has 0 aliphatic carbocycles. The van der Waals surface area contributed by atoms with Gasteiger partial charge in [-0.3, -0.25) is 0 Å². The van der Waals surface area contributed by atoms with Crippen LogP contribution in [0.25, 0.3) is 0 Å². The summed E-state index contributed by atoms with van der Waals surface area (Å²) in [6, 6.07) is 0. The fraction of sp³-hybridized carbons (Fsp3) is 1.00. The van der Waals surface area contributed by atoms with Crippen molar-refractivity contribution in [3.63, 3.8) is 0 Å². The normalized spacial score (nSPS) is 16.4. The standard InChI is InChI=1S/C23H46O4/c1-5-9-10-11-12-13-14-22(18-21-19-24-20-21)23(25-15-6-2,26-16-7-3)27-17-8-4/h21-22H,5-20H2,1-4H3. The van der Waals surface area contributed by atoms with Crippen molar-refractivity contribution in [3.05, 3.63) is 0 Å². The summed E-state index contributed by atoms with van der Waals surface area (Å²) >= 11 is 0. The van der Waals surface area contributed by atoms with E-state index < -0.39 is 5.97 Å². The number of hydrogen-bond donors (Lipinski definition) is 0. The average molecular weight is 387 g/mol. The molecule has 1 rings (SSSR count). The topological polar surface area (TPSA) is 36.9 Å². The van der Waals surface area contributed by atoms with Crippen LogP contribution in [0.4, 0.5) is 0 Å². The lowest BCUT2D eigenvalue weighted by Gasteiger charge is -2.42. The summed E-state index contributed by atoms with van der Waals surface area (Å²) in [7, 11) is 0. The lowest BCUT2D eigenvalue weighted by Crippen LogP contribution is -2.49. The van der Waals surface area contributed by atoms with E-state index in [4.69, 9.17) is 18.9 Å². The van der Waals surface area contributed by atoms with Crippen LogP contribution in [0.5, 0.6) is 0 Å². The maximum absolute atomic E-state index is 6.33. The first kappa shape index (κ1) is 24.9. The van der Waals surface area contributed by atoms with Gasteiger partial charge in [0.15, 0.2) is 0 Å². The van der Waals surface area contributed by atoms with Crippen molar-refractivity contribution in [1.82, 2.24) is 0 Å². The molecule has 0 radical (unpaired) electrons. The van der Waals surface area contributed by atoms with Crippen molar-refractivity contribution < 1.29 is 18.9 Å². The minimum absolute atomic E-state index is 0.280. The maximum atomic E-state index is 6.33. The predicted octanol–water partition coefficient (Wildman–Crippen LogP) is 6.32. The molecule has 4 nitrogen and oxygen atoms in total. The van der Waals surface area contributed by atoms with Crippen LogP contribution in [0.1, 0.15) is 98.3 Å². The third-order valence-corrected chi connectivity index (χ3v) is 5.25. The van der Waals surface area contributed by atoms with Crippen molar-refractivity contribution in [3.8, 4) is 0 Å². The van der Waals surface area contributed by atoms with Crippen LogP contribution in [-0.4, -0.2) is 39.0 Å². The van der Waals surface area contributed by atoms with Crippen molar-refractivity contribution >= 4 is 0 Å². The molecule has 1 unspecified atom stereocenters.